The lowest BCUT2D eigenvalue weighted by molar-refractivity contribution is -0.290. The SMILES string of the molecule is O=C(C=Cc1ccc(O)c(O)c1)OC[C@H]1O[C@H](OC(=O)C=Cc2ccc(O)c(O)c2)[C@@H]2OC(=O)c3cc(O)c(O)c(O)c3-c3c(cc(O)c(O)c3O)C(=O)O[C@H]2[C@@H]1O. The van der Waals surface area contributed by atoms with E-state index in [4.69, 9.17) is 23.7 Å². The molecule has 0 amide bonds. The molecule has 1 fully saturated rings. The van der Waals surface area contributed by atoms with Crippen LogP contribution in [0.5, 0.6) is 57.5 Å². The van der Waals surface area contributed by atoms with Crippen molar-refractivity contribution in [2.45, 2.75) is 30.7 Å². The lowest BCUT2D eigenvalue weighted by Gasteiger charge is -2.42. The van der Waals surface area contributed by atoms with Gasteiger partial charge in [0.05, 0.1) is 11.1 Å². The summed E-state index contributed by atoms with van der Waals surface area (Å²) in [5.41, 5.74) is -3.22. The van der Waals surface area contributed by atoms with Crippen molar-refractivity contribution < 1.29 is 99.0 Å². The normalized spacial score (nSPS) is 20.3. The van der Waals surface area contributed by atoms with E-state index in [9.17, 15) is 75.3 Å². The lowest BCUT2D eigenvalue weighted by Crippen LogP contribution is -2.62. The van der Waals surface area contributed by atoms with Gasteiger partial charge in [-0.1, -0.05) is 12.1 Å². The van der Waals surface area contributed by atoms with Crippen LogP contribution in [0.3, 0.4) is 0 Å². The summed E-state index contributed by atoms with van der Waals surface area (Å²) in [7, 11) is 0. The molecule has 0 spiro atoms. The maximum Gasteiger partial charge on any atom is 0.339 e. The average molecular weight is 807 g/mol. The van der Waals surface area contributed by atoms with E-state index in [0.717, 1.165) is 42.5 Å². The number of hydrogen-bond donors (Lipinski definition) is 11. The van der Waals surface area contributed by atoms with E-state index in [1.54, 1.807) is 0 Å². The Bertz CT molecular complexity index is 2400. The second kappa shape index (κ2) is 15.7. The van der Waals surface area contributed by atoms with Crippen LogP contribution >= 0.6 is 0 Å². The largest absolute Gasteiger partial charge is 0.504 e. The van der Waals surface area contributed by atoms with Gasteiger partial charge in [-0.25, -0.2) is 19.2 Å². The highest BCUT2D eigenvalue weighted by Crippen LogP contribution is 2.53. The molecule has 0 unspecified atom stereocenters. The first-order chi connectivity index (χ1) is 27.4. The van der Waals surface area contributed by atoms with Crippen molar-refractivity contribution in [2.24, 2.45) is 0 Å². The van der Waals surface area contributed by atoms with Crippen LogP contribution in [0, 0.1) is 0 Å². The van der Waals surface area contributed by atoms with Gasteiger partial charge in [0, 0.05) is 23.3 Å². The molecule has 0 radical (unpaired) electrons. The Morgan fingerprint density at radius 3 is 1.53 bits per heavy atom. The number of fused-ring (bicyclic) bond motifs is 4. The molecule has 2 aliphatic heterocycles. The number of aliphatic hydroxyl groups excluding tert-OH is 1. The maximum absolute atomic E-state index is 13.9. The smallest absolute Gasteiger partial charge is 0.339 e. The molecule has 2 heterocycles. The third kappa shape index (κ3) is 7.80. The van der Waals surface area contributed by atoms with Crippen molar-refractivity contribution in [1.82, 2.24) is 0 Å². The minimum absolute atomic E-state index is 0.181. The van der Waals surface area contributed by atoms with E-state index in [2.05, 4.69) is 0 Å². The number of phenols is 10. The summed E-state index contributed by atoms with van der Waals surface area (Å²) in [6.07, 6.45) is -6.32. The molecule has 4 aromatic carbocycles. The Hall–Kier alpha value is -7.84. The molecule has 20 nitrogen and oxygen atoms in total. The maximum atomic E-state index is 13.9. The number of aromatic hydroxyl groups is 10. The minimum Gasteiger partial charge on any atom is -0.504 e. The van der Waals surface area contributed by atoms with E-state index >= 15 is 0 Å². The van der Waals surface area contributed by atoms with Crippen LogP contribution in [-0.4, -0.2) is 117 Å². The molecule has 11 N–H and O–H groups in total. The zero-order chi connectivity index (χ0) is 42.2. The highest BCUT2D eigenvalue weighted by molar-refractivity contribution is 6.08. The number of benzene rings is 4. The Balaban J connectivity index is 1.39. The van der Waals surface area contributed by atoms with Gasteiger partial charge in [-0.05, 0) is 59.7 Å². The fourth-order valence-electron chi connectivity index (χ4n) is 5.86. The van der Waals surface area contributed by atoms with Crippen molar-refractivity contribution in [3.8, 4) is 68.6 Å². The minimum atomic E-state index is -2.15. The molecule has 0 aliphatic carbocycles. The Morgan fingerprint density at radius 2 is 1.05 bits per heavy atom. The zero-order valence-electron chi connectivity index (χ0n) is 29.1. The molecule has 0 aromatic heterocycles. The quantitative estimate of drug-likeness (QED) is 0.0551. The molecule has 2 aliphatic rings. The van der Waals surface area contributed by atoms with Crippen molar-refractivity contribution in [3.05, 3.63) is 82.9 Å². The second-order valence-corrected chi connectivity index (χ2v) is 12.5. The third-order valence-corrected chi connectivity index (χ3v) is 8.75. The fraction of sp³-hybridized carbons (Fsp3) is 0.158. The van der Waals surface area contributed by atoms with Crippen molar-refractivity contribution in [3.63, 3.8) is 0 Å². The standard InChI is InChI=1S/C38H30O20/c39-18-5-1-14(9-20(18)41)3-7-25(45)54-13-24-31(49)34-35(38(55-24)56-26(46)8-4-15-2-6-19(40)21(42)10-15)58-37(53)17-12-23(44)30(48)33(51)28(17)27-16(36(52)57-34)11-22(43)29(47)32(27)50/h1-12,24,31,34-35,38-44,47-51H,13H2/t24-,31-,34+,35-,38-/m1/s1. The van der Waals surface area contributed by atoms with Gasteiger partial charge in [-0.3, -0.25) is 0 Å². The Kier molecular flexibility index (Phi) is 10.8. The lowest BCUT2D eigenvalue weighted by atomic mass is 9.91. The fourth-order valence-corrected chi connectivity index (χ4v) is 5.86. The molecule has 6 rings (SSSR count). The van der Waals surface area contributed by atoms with E-state index in [1.807, 2.05) is 0 Å². The number of carbonyl (C=O) groups is 4. The molecule has 1 saturated heterocycles. The number of hydrogen-bond acceptors (Lipinski definition) is 20. The van der Waals surface area contributed by atoms with Gasteiger partial charge in [0.25, 0.3) is 0 Å². The summed E-state index contributed by atoms with van der Waals surface area (Å²) in [6.45, 7) is -0.869. The predicted molar refractivity (Wildman–Crippen MR) is 190 cm³/mol. The van der Waals surface area contributed by atoms with Crippen LogP contribution < -0.4 is 0 Å². The predicted octanol–water partition coefficient (Wildman–Crippen LogP) is 2.07. The molecule has 4 aromatic rings. The van der Waals surface area contributed by atoms with E-state index < -0.39 is 141 Å². The van der Waals surface area contributed by atoms with Crippen LogP contribution in [0.2, 0.25) is 0 Å². The van der Waals surface area contributed by atoms with Gasteiger partial charge >= 0.3 is 23.9 Å². The Morgan fingerprint density at radius 1 is 0.586 bits per heavy atom. The molecular weight excluding hydrogens is 776 g/mol. The second-order valence-electron chi connectivity index (χ2n) is 12.5. The number of carbonyl (C=O) groups excluding carboxylic acids is 4. The number of phenolic OH excluding ortho intramolecular Hbond substituents is 10. The third-order valence-electron chi connectivity index (χ3n) is 8.75. The highest BCUT2D eigenvalue weighted by atomic mass is 16.7. The summed E-state index contributed by atoms with van der Waals surface area (Å²) in [4.78, 5) is 53.6. The molecule has 5 atom stereocenters. The molecule has 302 valence electrons. The zero-order valence-corrected chi connectivity index (χ0v) is 29.1. The highest BCUT2D eigenvalue weighted by Gasteiger charge is 2.53. The van der Waals surface area contributed by atoms with Crippen molar-refractivity contribution in [2.75, 3.05) is 6.61 Å². The molecule has 58 heavy (non-hydrogen) atoms. The first kappa shape index (κ1) is 39.8. The van der Waals surface area contributed by atoms with E-state index in [1.165, 1.54) is 18.2 Å². The van der Waals surface area contributed by atoms with Gasteiger partial charge in [-0.2, -0.15) is 0 Å². The summed E-state index contributed by atoms with van der Waals surface area (Å²) in [5, 5.41) is 113. The Labute approximate surface area is 323 Å². The van der Waals surface area contributed by atoms with Gasteiger partial charge in [0.1, 0.15) is 18.8 Å². The molecule has 20 heteroatoms. The first-order valence-corrected chi connectivity index (χ1v) is 16.5. The van der Waals surface area contributed by atoms with Gasteiger partial charge < -0.3 is 79.9 Å². The monoisotopic (exact) mass is 806 g/mol. The van der Waals surface area contributed by atoms with E-state index in [-0.39, 0.29) is 11.1 Å². The van der Waals surface area contributed by atoms with Crippen molar-refractivity contribution >= 4 is 36.0 Å². The van der Waals surface area contributed by atoms with Crippen LogP contribution in [0.1, 0.15) is 31.8 Å². The van der Waals surface area contributed by atoms with E-state index in [0.29, 0.717) is 12.1 Å². The number of aliphatic hydroxyl groups is 1. The van der Waals surface area contributed by atoms with Crippen LogP contribution in [-0.2, 0) is 33.3 Å². The van der Waals surface area contributed by atoms with Gasteiger partial charge in [-0.15, -0.1) is 0 Å². The topological polar surface area (TPSA) is 337 Å². The summed E-state index contributed by atoms with van der Waals surface area (Å²) >= 11 is 0. The number of ether oxygens (including phenoxy) is 5. The molecule has 0 bridgehead atoms. The van der Waals surface area contributed by atoms with Gasteiger partial charge in [0.2, 0.25) is 23.9 Å². The van der Waals surface area contributed by atoms with Crippen LogP contribution in [0.15, 0.2) is 60.7 Å². The molecular formula is C38H30O20. The summed E-state index contributed by atoms with van der Waals surface area (Å²) in [5.74, 6) is -14.8. The number of esters is 4. The van der Waals surface area contributed by atoms with Crippen molar-refractivity contribution in [1.29, 1.82) is 0 Å². The molecule has 0 saturated carbocycles. The number of rotatable bonds is 7. The summed E-state index contributed by atoms with van der Waals surface area (Å²) in [6, 6.07) is 8.21. The summed E-state index contributed by atoms with van der Waals surface area (Å²) < 4.78 is 27.3. The first-order valence-electron chi connectivity index (χ1n) is 16.5. The average Bonchev–Trinajstić information content (AvgIpc) is 3.18. The van der Waals surface area contributed by atoms with Crippen LogP contribution in [0.4, 0.5) is 0 Å². The van der Waals surface area contributed by atoms with Gasteiger partial charge in [0.15, 0.2) is 52.1 Å². The van der Waals surface area contributed by atoms with Crippen LogP contribution in [0.25, 0.3) is 23.3 Å².